The van der Waals surface area contributed by atoms with Crippen LogP contribution >= 0.6 is 0 Å². The van der Waals surface area contributed by atoms with Gasteiger partial charge in [-0.15, -0.1) is 0 Å². The van der Waals surface area contributed by atoms with Crippen molar-refractivity contribution in [3.63, 3.8) is 0 Å². The van der Waals surface area contributed by atoms with Crippen molar-refractivity contribution in [3.05, 3.63) is 64.7 Å². The fourth-order valence-electron chi connectivity index (χ4n) is 2.18. The highest BCUT2D eigenvalue weighted by atomic mass is 32.2. The van der Waals surface area contributed by atoms with Crippen LogP contribution in [0.3, 0.4) is 0 Å². The van der Waals surface area contributed by atoms with Gasteiger partial charge in [0.2, 0.25) is 10.0 Å². The number of ether oxygens (including phenoxy) is 1. The molecule has 0 atom stereocenters. The van der Waals surface area contributed by atoms with Gasteiger partial charge in [0.05, 0.1) is 17.6 Å². The topological polar surface area (TPSA) is 72.5 Å². The van der Waals surface area contributed by atoms with Gasteiger partial charge in [0.15, 0.2) is 0 Å². The van der Waals surface area contributed by atoms with Crippen molar-refractivity contribution in [3.8, 4) is 0 Å². The minimum Gasteiger partial charge on any atom is -0.465 e. The first kappa shape index (κ1) is 17.2. The summed E-state index contributed by atoms with van der Waals surface area (Å²) in [5.41, 5.74) is 2.83. The third-order valence-corrected chi connectivity index (χ3v) is 4.87. The van der Waals surface area contributed by atoms with E-state index in [0.29, 0.717) is 5.56 Å². The number of methoxy groups -OCH3 is 1. The Morgan fingerprint density at radius 2 is 1.87 bits per heavy atom. The summed E-state index contributed by atoms with van der Waals surface area (Å²) in [6, 6.07) is 12.0. The summed E-state index contributed by atoms with van der Waals surface area (Å²) < 4.78 is 32.0. The summed E-state index contributed by atoms with van der Waals surface area (Å²) >= 11 is 0. The maximum Gasteiger partial charge on any atom is 0.338 e. The van der Waals surface area contributed by atoms with Crippen molar-refractivity contribution in [2.75, 3.05) is 7.11 Å². The normalized spacial score (nSPS) is 11.3. The molecule has 0 unspecified atom stereocenters. The molecule has 6 heteroatoms. The lowest BCUT2D eigenvalue weighted by molar-refractivity contribution is 0.0599. The Morgan fingerprint density at radius 1 is 1.13 bits per heavy atom. The number of esters is 1. The molecule has 122 valence electrons. The maximum absolute atomic E-state index is 12.4. The van der Waals surface area contributed by atoms with Crippen LogP contribution in [0.15, 0.2) is 47.4 Å². The lowest BCUT2D eigenvalue weighted by Gasteiger charge is -2.10. The van der Waals surface area contributed by atoms with Crippen molar-refractivity contribution in [1.82, 2.24) is 4.72 Å². The van der Waals surface area contributed by atoms with E-state index in [9.17, 15) is 13.2 Å². The molecule has 2 aromatic carbocycles. The molecule has 2 rings (SSSR count). The van der Waals surface area contributed by atoms with Crippen LogP contribution in [0.25, 0.3) is 0 Å². The van der Waals surface area contributed by atoms with Gasteiger partial charge >= 0.3 is 5.97 Å². The number of sulfonamides is 1. The standard InChI is InChI=1S/C17H19NO4S/c1-12-5-4-6-14(9-12)11-18-23(20,21)15-8-7-13(2)16(10-15)17(19)22-3/h4-10,18H,11H2,1-3H3. The molecule has 0 fully saturated rings. The first-order chi connectivity index (χ1) is 10.8. The number of aryl methyl sites for hydroxylation is 2. The summed E-state index contributed by atoms with van der Waals surface area (Å²) in [5.74, 6) is -0.557. The van der Waals surface area contributed by atoms with Crippen LogP contribution in [0, 0.1) is 13.8 Å². The lowest BCUT2D eigenvalue weighted by atomic mass is 10.1. The molecule has 0 aliphatic carbocycles. The number of carbonyl (C=O) groups is 1. The second kappa shape index (κ2) is 6.93. The van der Waals surface area contributed by atoms with Crippen LogP contribution in [0.4, 0.5) is 0 Å². The van der Waals surface area contributed by atoms with Crippen molar-refractivity contribution in [1.29, 1.82) is 0 Å². The van der Waals surface area contributed by atoms with Gasteiger partial charge in [-0.3, -0.25) is 0 Å². The van der Waals surface area contributed by atoms with Gasteiger partial charge in [0, 0.05) is 6.54 Å². The van der Waals surface area contributed by atoms with E-state index in [1.165, 1.54) is 19.2 Å². The zero-order chi connectivity index (χ0) is 17.0. The van der Waals surface area contributed by atoms with Crippen LogP contribution < -0.4 is 4.72 Å². The molecule has 0 aliphatic rings. The Balaban J connectivity index is 2.24. The Bertz CT molecular complexity index is 828. The summed E-state index contributed by atoms with van der Waals surface area (Å²) in [5, 5.41) is 0. The van der Waals surface area contributed by atoms with E-state index in [4.69, 9.17) is 0 Å². The van der Waals surface area contributed by atoms with Crippen LogP contribution in [-0.2, 0) is 21.3 Å². The largest absolute Gasteiger partial charge is 0.465 e. The molecule has 0 spiro atoms. The minimum atomic E-state index is -3.71. The van der Waals surface area contributed by atoms with Gasteiger partial charge in [0.25, 0.3) is 0 Å². The van der Waals surface area contributed by atoms with Gasteiger partial charge in [-0.25, -0.2) is 17.9 Å². The smallest absolute Gasteiger partial charge is 0.338 e. The maximum atomic E-state index is 12.4. The predicted molar refractivity (Wildman–Crippen MR) is 87.7 cm³/mol. The zero-order valence-electron chi connectivity index (χ0n) is 13.3. The highest BCUT2D eigenvalue weighted by Gasteiger charge is 2.18. The summed E-state index contributed by atoms with van der Waals surface area (Å²) in [6.45, 7) is 3.86. The molecule has 0 saturated carbocycles. The lowest BCUT2D eigenvalue weighted by Crippen LogP contribution is -2.23. The van der Waals surface area contributed by atoms with E-state index in [1.807, 2.05) is 31.2 Å². The van der Waals surface area contributed by atoms with Crippen LogP contribution in [0.2, 0.25) is 0 Å². The number of hydrogen-bond acceptors (Lipinski definition) is 4. The molecule has 0 aliphatic heterocycles. The number of rotatable bonds is 5. The van der Waals surface area contributed by atoms with Gasteiger partial charge in [-0.1, -0.05) is 35.9 Å². The van der Waals surface area contributed by atoms with E-state index >= 15 is 0 Å². The monoisotopic (exact) mass is 333 g/mol. The van der Waals surface area contributed by atoms with Crippen LogP contribution in [0.5, 0.6) is 0 Å². The molecular formula is C17H19NO4S. The molecule has 0 aromatic heterocycles. The Morgan fingerprint density at radius 3 is 2.52 bits per heavy atom. The highest BCUT2D eigenvalue weighted by Crippen LogP contribution is 2.17. The second-order valence-electron chi connectivity index (χ2n) is 5.28. The van der Waals surface area contributed by atoms with E-state index in [2.05, 4.69) is 9.46 Å². The third-order valence-electron chi connectivity index (χ3n) is 3.47. The molecular weight excluding hydrogens is 314 g/mol. The van der Waals surface area contributed by atoms with E-state index in [0.717, 1.165) is 11.1 Å². The first-order valence-corrected chi connectivity index (χ1v) is 8.56. The van der Waals surface area contributed by atoms with Gasteiger partial charge in [-0.05, 0) is 37.1 Å². The average molecular weight is 333 g/mol. The second-order valence-corrected chi connectivity index (χ2v) is 7.05. The molecule has 0 heterocycles. The molecule has 1 N–H and O–H groups in total. The summed E-state index contributed by atoms with van der Waals surface area (Å²) in [7, 11) is -2.45. The fourth-order valence-corrected chi connectivity index (χ4v) is 3.23. The highest BCUT2D eigenvalue weighted by molar-refractivity contribution is 7.89. The number of hydrogen-bond donors (Lipinski definition) is 1. The molecule has 0 amide bonds. The molecule has 0 bridgehead atoms. The van der Waals surface area contributed by atoms with Crippen molar-refractivity contribution in [2.24, 2.45) is 0 Å². The van der Waals surface area contributed by atoms with Gasteiger partial charge < -0.3 is 4.74 Å². The molecule has 5 nitrogen and oxygen atoms in total. The molecule has 23 heavy (non-hydrogen) atoms. The third kappa shape index (κ3) is 4.18. The SMILES string of the molecule is COC(=O)c1cc(S(=O)(=O)NCc2cccc(C)c2)ccc1C. The van der Waals surface area contributed by atoms with Crippen LogP contribution in [-0.4, -0.2) is 21.5 Å². The van der Waals surface area contributed by atoms with E-state index in [-0.39, 0.29) is 17.0 Å². The number of nitrogens with one attached hydrogen (secondary N) is 1. The molecule has 0 saturated heterocycles. The van der Waals surface area contributed by atoms with Crippen molar-refractivity contribution >= 4 is 16.0 Å². The molecule has 2 aromatic rings. The first-order valence-electron chi connectivity index (χ1n) is 7.07. The number of carbonyl (C=O) groups excluding carboxylic acids is 1. The van der Waals surface area contributed by atoms with E-state index < -0.39 is 16.0 Å². The fraction of sp³-hybridized carbons (Fsp3) is 0.235. The van der Waals surface area contributed by atoms with Crippen LogP contribution in [0.1, 0.15) is 27.0 Å². The number of benzene rings is 2. The minimum absolute atomic E-state index is 0.0381. The summed E-state index contributed by atoms with van der Waals surface area (Å²) in [4.78, 5) is 11.7. The van der Waals surface area contributed by atoms with Gasteiger partial charge in [-0.2, -0.15) is 0 Å². The van der Waals surface area contributed by atoms with Crippen molar-refractivity contribution < 1.29 is 17.9 Å². The average Bonchev–Trinajstić information content (AvgIpc) is 2.52. The summed E-state index contributed by atoms with van der Waals surface area (Å²) in [6.07, 6.45) is 0. The van der Waals surface area contributed by atoms with E-state index in [1.54, 1.807) is 13.0 Å². The Kier molecular flexibility index (Phi) is 5.18. The van der Waals surface area contributed by atoms with Gasteiger partial charge in [0.1, 0.15) is 0 Å². The predicted octanol–water partition coefficient (Wildman–Crippen LogP) is 2.57. The molecule has 0 radical (unpaired) electrons. The zero-order valence-corrected chi connectivity index (χ0v) is 14.1. The van der Waals surface area contributed by atoms with Crippen molar-refractivity contribution in [2.45, 2.75) is 25.3 Å². The Hall–Kier alpha value is -2.18. The Labute approximate surface area is 136 Å². The quantitative estimate of drug-likeness (QED) is 0.854.